The maximum Gasteiger partial charge on any atom is 0.278 e. The third kappa shape index (κ3) is 4.38. The molecule has 0 unspecified atom stereocenters. The van der Waals surface area contributed by atoms with E-state index >= 15 is 0 Å². The Hall–Kier alpha value is -3.52. The van der Waals surface area contributed by atoms with Crippen LogP contribution in [0.4, 0.5) is 10.1 Å². The number of benzene rings is 2. The van der Waals surface area contributed by atoms with Gasteiger partial charge in [0.05, 0.1) is 18.7 Å². The van der Waals surface area contributed by atoms with E-state index in [1.54, 1.807) is 36.2 Å². The van der Waals surface area contributed by atoms with Gasteiger partial charge in [-0.1, -0.05) is 24.3 Å². The topological polar surface area (TPSA) is 90.0 Å². The molecule has 3 amide bonds. The fourth-order valence-electron chi connectivity index (χ4n) is 3.28. The van der Waals surface area contributed by atoms with Gasteiger partial charge in [0, 0.05) is 26.2 Å². The first kappa shape index (κ1) is 21.2. The van der Waals surface area contributed by atoms with Crippen LogP contribution in [0.1, 0.15) is 18.1 Å². The summed E-state index contributed by atoms with van der Waals surface area (Å²) in [6.45, 7) is 1.38. The number of aliphatic hydroxyl groups excluding tert-OH is 1. The van der Waals surface area contributed by atoms with Gasteiger partial charge in [0.1, 0.15) is 11.5 Å². The Morgan fingerprint density at radius 1 is 1.07 bits per heavy atom. The summed E-state index contributed by atoms with van der Waals surface area (Å²) in [5.74, 6) is -1.58. The van der Waals surface area contributed by atoms with Crippen LogP contribution in [-0.4, -0.2) is 52.8 Å². The maximum absolute atomic E-state index is 13.2. The first-order chi connectivity index (χ1) is 14.3. The number of hydrogen-bond acceptors (Lipinski definition) is 5. The van der Waals surface area contributed by atoms with Gasteiger partial charge in [-0.15, -0.1) is 0 Å². The molecule has 0 saturated heterocycles. The molecule has 156 valence electrons. The van der Waals surface area contributed by atoms with Gasteiger partial charge >= 0.3 is 0 Å². The van der Waals surface area contributed by atoms with Crippen LogP contribution in [0.25, 0.3) is 5.57 Å². The van der Waals surface area contributed by atoms with Gasteiger partial charge in [-0.25, -0.2) is 4.39 Å². The summed E-state index contributed by atoms with van der Waals surface area (Å²) in [6.07, 6.45) is 0. The third-order valence-electron chi connectivity index (χ3n) is 4.71. The number of carbonyl (C=O) groups excluding carboxylic acids is 3. The lowest BCUT2D eigenvalue weighted by Crippen LogP contribution is -2.34. The van der Waals surface area contributed by atoms with E-state index in [0.29, 0.717) is 16.8 Å². The Labute approximate surface area is 173 Å². The first-order valence-corrected chi connectivity index (χ1v) is 9.36. The third-order valence-corrected chi connectivity index (χ3v) is 4.71. The van der Waals surface area contributed by atoms with Gasteiger partial charge in [0.2, 0.25) is 5.91 Å². The molecule has 8 heteroatoms. The number of hydrogen-bond donors (Lipinski definition) is 2. The highest BCUT2D eigenvalue weighted by Gasteiger charge is 2.40. The van der Waals surface area contributed by atoms with Crippen molar-refractivity contribution in [3.63, 3.8) is 0 Å². The number of carbonyl (C=O) groups is 3. The molecular formula is C22H22FN3O4. The summed E-state index contributed by atoms with van der Waals surface area (Å²) in [4.78, 5) is 40.1. The van der Waals surface area contributed by atoms with E-state index in [4.69, 9.17) is 0 Å². The molecule has 1 aliphatic rings. The fraction of sp³-hybridized carbons (Fsp3) is 0.227. The van der Waals surface area contributed by atoms with Crippen LogP contribution in [0.3, 0.4) is 0 Å². The van der Waals surface area contributed by atoms with E-state index in [1.807, 2.05) is 0 Å². The molecule has 7 nitrogen and oxygen atoms in total. The minimum Gasteiger partial charge on any atom is -0.395 e. The summed E-state index contributed by atoms with van der Waals surface area (Å²) >= 11 is 0. The molecule has 0 bridgehead atoms. The van der Waals surface area contributed by atoms with Crippen molar-refractivity contribution >= 4 is 29.0 Å². The van der Waals surface area contributed by atoms with Crippen LogP contribution in [0, 0.1) is 5.82 Å². The van der Waals surface area contributed by atoms with E-state index in [-0.39, 0.29) is 36.9 Å². The van der Waals surface area contributed by atoms with Crippen molar-refractivity contribution in [1.29, 1.82) is 0 Å². The molecule has 2 N–H and O–H groups in total. The Balaban J connectivity index is 1.97. The molecule has 2 aromatic carbocycles. The molecule has 1 heterocycles. The van der Waals surface area contributed by atoms with Crippen LogP contribution in [0.5, 0.6) is 0 Å². The molecule has 0 fully saturated rings. The van der Waals surface area contributed by atoms with E-state index in [0.717, 1.165) is 4.90 Å². The van der Waals surface area contributed by atoms with Gasteiger partial charge in [0.25, 0.3) is 11.8 Å². The molecule has 30 heavy (non-hydrogen) atoms. The number of nitrogens with zero attached hydrogens (tertiary/aromatic N) is 2. The predicted molar refractivity (Wildman–Crippen MR) is 109 cm³/mol. The number of halogens is 1. The zero-order valence-electron chi connectivity index (χ0n) is 16.7. The molecular weight excluding hydrogens is 389 g/mol. The average Bonchev–Trinajstić information content (AvgIpc) is 2.95. The second kappa shape index (κ2) is 8.87. The summed E-state index contributed by atoms with van der Waals surface area (Å²) < 4.78 is 13.2. The SMILES string of the molecule is CC(=O)Nc1ccc(C2=C(N(C)CCO)C(=O)N(Cc3ccc(F)cc3)C2=O)cc1. The van der Waals surface area contributed by atoms with E-state index in [9.17, 15) is 23.9 Å². The van der Waals surface area contributed by atoms with Gasteiger partial charge < -0.3 is 15.3 Å². The fourth-order valence-corrected chi connectivity index (χ4v) is 3.28. The van der Waals surface area contributed by atoms with Gasteiger partial charge in [0.15, 0.2) is 0 Å². The monoisotopic (exact) mass is 411 g/mol. The number of aliphatic hydroxyl groups is 1. The number of anilines is 1. The number of nitrogens with one attached hydrogen (secondary N) is 1. The van der Waals surface area contributed by atoms with Gasteiger partial charge in [-0.2, -0.15) is 0 Å². The maximum atomic E-state index is 13.2. The van der Waals surface area contributed by atoms with E-state index in [2.05, 4.69) is 5.32 Å². The summed E-state index contributed by atoms with van der Waals surface area (Å²) in [7, 11) is 1.63. The van der Waals surface area contributed by atoms with Crippen molar-refractivity contribution < 1.29 is 23.9 Å². The summed E-state index contributed by atoms with van der Waals surface area (Å²) in [5, 5.41) is 12.0. The zero-order chi connectivity index (χ0) is 21.8. The molecule has 0 spiro atoms. The standard InChI is InChI=1S/C22H22FN3O4/c1-14(28)24-18-9-5-16(6-10-18)19-20(25(2)11-12-27)22(30)26(21(19)29)13-15-3-7-17(23)8-4-15/h3-10,27H,11-13H2,1-2H3,(H,24,28). The van der Waals surface area contributed by atoms with Crippen LogP contribution in [0.15, 0.2) is 54.2 Å². The highest BCUT2D eigenvalue weighted by molar-refractivity contribution is 6.35. The Morgan fingerprint density at radius 2 is 1.70 bits per heavy atom. The first-order valence-electron chi connectivity index (χ1n) is 9.36. The number of imide groups is 1. The minimum atomic E-state index is -0.485. The Morgan fingerprint density at radius 3 is 2.27 bits per heavy atom. The normalized spacial score (nSPS) is 13.8. The lowest BCUT2D eigenvalue weighted by molar-refractivity contribution is -0.138. The zero-order valence-corrected chi connectivity index (χ0v) is 16.7. The van der Waals surface area contributed by atoms with E-state index in [1.165, 1.54) is 31.2 Å². The molecule has 0 radical (unpaired) electrons. The highest BCUT2D eigenvalue weighted by atomic mass is 19.1. The molecule has 0 aliphatic carbocycles. The Bertz CT molecular complexity index is 1000. The lowest BCUT2D eigenvalue weighted by Gasteiger charge is -2.20. The van der Waals surface area contributed by atoms with Gasteiger partial charge in [-0.3, -0.25) is 19.3 Å². The minimum absolute atomic E-state index is 0.00187. The molecule has 0 aromatic heterocycles. The van der Waals surface area contributed by atoms with Crippen molar-refractivity contribution in [2.45, 2.75) is 13.5 Å². The quantitative estimate of drug-likeness (QED) is 0.680. The second-order valence-corrected chi connectivity index (χ2v) is 6.95. The smallest absolute Gasteiger partial charge is 0.278 e. The number of rotatable bonds is 7. The molecule has 0 atom stereocenters. The number of likely N-dealkylation sites (N-methyl/N-ethyl adjacent to an activating group) is 1. The molecule has 2 aromatic rings. The predicted octanol–water partition coefficient (Wildman–Crippen LogP) is 1.99. The van der Waals surface area contributed by atoms with Crippen LogP contribution >= 0.6 is 0 Å². The van der Waals surface area contributed by atoms with Crippen molar-refractivity contribution in [2.24, 2.45) is 0 Å². The molecule has 0 saturated carbocycles. The van der Waals surface area contributed by atoms with Crippen molar-refractivity contribution in [3.8, 4) is 0 Å². The second-order valence-electron chi connectivity index (χ2n) is 6.95. The van der Waals surface area contributed by atoms with Crippen molar-refractivity contribution in [2.75, 3.05) is 25.5 Å². The molecule has 3 rings (SSSR count). The Kier molecular flexibility index (Phi) is 6.27. The summed E-state index contributed by atoms with van der Waals surface area (Å²) in [6, 6.07) is 12.2. The van der Waals surface area contributed by atoms with Crippen molar-refractivity contribution in [1.82, 2.24) is 9.80 Å². The van der Waals surface area contributed by atoms with Crippen LogP contribution in [0.2, 0.25) is 0 Å². The number of amides is 3. The largest absolute Gasteiger partial charge is 0.395 e. The van der Waals surface area contributed by atoms with Gasteiger partial charge in [-0.05, 0) is 35.4 Å². The van der Waals surface area contributed by atoms with E-state index < -0.39 is 17.6 Å². The van der Waals surface area contributed by atoms with Crippen LogP contribution in [-0.2, 0) is 20.9 Å². The highest BCUT2D eigenvalue weighted by Crippen LogP contribution is 2.32. The summed E-state index contributed by atoms with van der Waals surface area (Å²) in [5.41, 5.74) is 2.10. The van der Waals surface area contributed by atoms with Crippen molar-refractivity contribution in [3.05, 3.63) is 71.2 Å². The average molecular weight is 411 g/mol. The lowest BCUT2D eigenvalue weighted by atomic mass is 10.0. The molecule has 1 aliphatic heterocycles. The van der Waals surface area contributed by atoms with Crippen LogP contribution < -0.4 is 5.32 Å².